The van der Waals surface area contributed by atoms with Crippen molar-refractivity contribution in [2.24, 2.45) is 0 Å². The summed E-state index contributed by atoms with van der Waals surface area (Å²) in [4.78, 5) is 22.3. The van der Waals surface area contributed by atoms with E-state index in [1.807, 2.05) is 55.5 Å². The summed E-state index contributed by atoms with van der Waals surface area (Å²) in [5.41, 5.74) is 2.29. The molecule has 0 saturated carbocycles. The van der Waals surface area contributed by atoms with Crippen molar-refractivity contribution in [2.45, 2.75) is 43.5 Å². The summed E-state index contributed by atoms with van der Waals surface area (Å²) in [7, 11) is 1.63. The smallest absolute Gasteiger partial charge is 0.319 e. The highest BCUT2D eigenvalue weighted by molar-refractivity contribution is 8.00. The van der Waals surface area contributed by atoms with Crippen molar-refractivity contribution in [1.29, 1.82) is 0 Å². The summed E-state index contributed by atoms with van der Waals surface area (Å²) in [6.07, 6.45) is 2.64. The highest BCUT2D eigenvalue weighted by Crippen LogP contribution is 2.32. The number of aromatic nitrogens is 4. The van der Waals surface area contributed by atoms with Crippen LogP contribution in [0.25, 0.3) is 27.9 Å². The molecule has 32 heavy (non-hydrogen) atoms. The maximum atomic E-state index is 12.6. The van der Waals surface area contributed by atoms with Gasteiger partial charge in [0.15, 0.2) is 16.6 Å². The van der Waals surface area contributed by atoms with Crippen LogP contribution in [0.5, 0.6) is 5.75 Å². The Kier molecular flexibility index (Phi) is 6.90. The first kappa shape index (κ1) is 22.1. The lowest BCUT2D eigenvalue weighted by molar-refractivity contribution is -0.142. The van der Waals surface area contributed by atoms with Gasteiger partial charge in [-0.2, -0.15) is 4.52 Å². The molecule has 0 radical (unpaired) electrons. The van der Waals surface area contributed by atoms with E-state index in [9.17, 15) is 4.79 Å². The van der Waals surface area contributed by atoms with Crippen molar-refractivity contribution in [2.75, 3.05) is 13.7 Å². The number of benzene rings is 2. The molecule has 0 aliphatic carbocycles. The summed E-state index contributed by atoms with van der Waals surface area (Å²) in [6.45, 7) is 4.28. The van der Waals surface area contributed by atoms with Crippen LogP contribution in [0.3, 0.4) is 0 Å². The van der Waals surface area contributed by atoms with Crippen LogP contribution in [0.4, 0.5) is 0 Å². The normalized spacial score (nSPS) is 12.2. The van der Waals surface area contributed by atoms with Crippen molar-refractivity contribution in [3.05, 3.63) is 48.5 Å². The van der Waals surface area contributed by atoms with Crippen molar-refractivity contribution in [3.8, 4) is 17.1 Å². The molecule has 0 aliphatic heterocycles. The Morgan fingerprint density at radius 1 is 1.09 bits per heavy atom. The number of carbonyl (C=O) groups is 1. The molecular weight excluding hydrogens is 424 g/mol. The number of hydrogen-bond donors (Lipinski definition) is 0. The molecule has 7 nitrogen and oxygen atoms in total. The summed E-state index contributed by atoms with van der Waals surface area (Å²) in [6, 6.07) is 15.5. The van der Waals surface area contributed by atoms with Gasteiger partial charge < -0.3 is 9.47 Å². The van der Waals surface area contributed by atoms with Crippen molar-refractivity contribution in [1.82, 2.24) is 19.6 Å². The van der Waals surface area contributed by atoms with Gasteiger partial charge in [-0.25, -0.2) is 9.97 Å². The average Bonchev–Trinajstić information content (AvgIpc) is 3.27. The lowest BCUT2D eigenvalue weighted by atomic mass is 10.2. The molecule has 1 atom stereocenters. The third-order valence-corrected chi connectivity index (χ3v) is 6.30. The van der Waals surface area contributed by atoms with E-state index in [1.165, 1.54) is 11.8 Å². The quantitative estimate of drug-likeness (QED) is 0.198. The number of rotatable bonds is 9. The zero-order valence-electron chi connectivity index (χ0n) is 18.4. The van der Waals surface area contributed by atoms with E-state index in [-0.39, 0.29) is 11.2 Å². The van der Waals surface area contributed by atoms with Crippen LogP contribution in [-0.2, 0) is 9.53 Å². The molecule has 0 fully saturated rings. The Labute approximate surface area is 191 Å². The van der Waals surface area contributed by atoms with Crippen LogP contribution in [-0.4, -0.2) is 44.5 Å². The van der Waals surface area contributed by atoms with Crippen LogP contribution < -0.4 is 4.74 Å². The van der Waals surface area contributed by atoms with E-state index in [0.717, 1.165) is 29.3 Å². The SMILES string of the molecule is CCCCC(Sc1nc2ccccc2c2nc(-c3ccccc3OC)nn12)C(=O)OCC. The summed E-state index contributed by atoms with van der Waals surface area (Å²) >= 11 is 1.38. The average molecular weight is 451 g/mol. The minimum absolute atomic E-state index is 0.223. The van der Waals surface area contributed by atoms with Gasteiger partial charge in [0.1, 0.15) is 11.0 Å². The van der Waals surface area contributed by atoms with E-state index >= 15 is 0 Å². The Balaban J connectivity index is 1.85. The fraction of sp³-hybridized carbons (Fsp3) is 0.333. The third kappa shape index (κ3) is 4.41. The van der Waals surface area contributed by atoms with Crippen molar-refractivity contribution in [3.63, 3.8) is 0 Å². The zero-order valence-corrected chi connectivity index (χ0v) is 19.3. The number of para-hydroxylation sites is 2. The van der Waals surface area contributed by atoms with Gasteiger partial charge >= 0.3 is 5.97 Å². The zero-order chi connectivity index (χ0) is 22.5. The Morgan fingerprint density at radius 2 is 1.88 bits per heavy atom. The van der Waals surface area contributed by atoms with Gasteiger partial charge in [0.05, 0.1) is 24.8 Å². The van der Waals surface area contributed by atoms with Gasteiger partial charge in [-0.05, 0) is 37.6 Å². The van der Waals surface area contributed by atoms with Gasteiger partial charge in [-0.15, -0.1) is 5.10 Å². The second-order valence-corrected chi connectivity index (χ2v) is 8.45. The lowest BCUT2D eigenvalue weighted by Gasteiger charge is -2.15. The molecule has 4 rings (SSSR count). The second kappa shape index (κ2) is 9.99. The van der Waals surface area contributed by atoms with Gasteiger partial charge in [0.25, 0.3) is 0 Å². The van der Waals surface area contributed by atoms with E-state index in [4.69, 9.17) is 24.5 Å². The first-order chi connectivity index (χ1) is 15.7. The first-order valence-corrected chi connectivity index (χ1v) is 11.7. The monoisotopic (exact) mass is 450 g/mol. The summed E-state index contributed by atoms with van der Waals surface area (Å²) in [5, 5.41) is 5.92. The molecule has 2 heterocycles. The number of carbonyl (C=O) groups excluding carboxylic acids is 1. The second-order valence-electron chi connectivity index (χ2n) is 7.28. The Morgan fingerprint density at radius 3 is 2.66 bits per heavy atom. The molecule has 4 aromatic rings. The number of ether oxygens (including phenoxy) is 2. The fourth-order valence-electron chi connectivity index (χ4n) is 3.53. The highest BCUT2D eigenvalue weighted by atomic mass is 32.2. The van der Waals surface area contributed by atoms with Crippen LogP contribution in [0.15, 0.2) is 53.7 Å². The molecule has 166 valence electrons. The first-order valence-electron chi connectivity index (χ1n) is 10.8. The maximum absolute atomic E-state index is 12.6. The molecule has 0 spiro atoms. The van der Waals surface area contributed by atoms with E-state index < -0.39 is 0 Å². The number of hydrogen-bond acceptors (Lipinski definition) is 7. The van der Waals surface area contributed by atoms with Crippen LogP contribution in [0.2, 0.25) is 0 Å². The largest absolute Gasteiger partial charge is 0.496 e. The van der Waals surface area contributed by atoms with Gasteiger partial charge in [-0.3, -0.25) is 4.79 Å². The molecule has 8 heteroatoms. The fourth-order valence-corrected chi connectivity index (χ4v) is 4.61. The number of methoxy groups -OCH3 is 1. The Bertz CT molecular complexity index is 1240. The number of fused-ring (bicyclic) bond motifs is 3. The van der Waals surface area contributed by atoms with Crippen LogP contribution >= 0.6 is 11.8 Å². The topological polar surface area (TPSA) is 78.6 Å². The number of thioether (sulfide) groups is 1. The van der Waals surface area contributed by atoms with Crippen LogP contribution in [0, 0.1) is 0 Å². The molecule has 2 aromatic heterocycles. The number of nitrogens with zero attached hydrogens (tertiary/aromatic N) is 4. The standard InChI is InChI=1S/C24H26N4O3S/c1-4-6-15-20(23(29)31-5-2)32-24-25-18-13-9-7-11-16(18)22-26-21(27-28(22)24)17-12-8-10-14-19(17)30-3/h7-14,20H,4-6,15H2,1-3H3. The molecule has 0 amide bonds. The van der Waals surface area contributed by atoms with Crippen LogP contribution in [0.1, 0.15) is 33.1 Å². The lowest BCUT2D eigenvalue weighted by Crippen LogP contribution is -2.21. The number of unbranched alkanes of at least 4 members (excludes halogenated alkanes) is 1. The summed E-state index contributed by atoms with van der Waals surface area (Å²) in [5.74, 6) is 1.02. The van der Waals surface area contributed by atoms with Crippen molar-refractivity contribution < 1.29 is 14.3 Å². The minimum atomic E-state index is -0.356. The van der Waals surface area contributed by atoms with Gasteiger partial charge in [-0.1, -0.05) is 55.8 Å². The van der Waals surface area contributed by atoms with Gasteiger partial charge in [0, 0.05) is 5.39 Å². The molecular formula is C24H26N4O3S. The maximum Gasteiger partial charge on any atom is 0.319 e. The summed E-state index contributed by atoms with van der Waals surface area (Å²) < 4.78 is 12.6. The minimum Gasteiger partial charge on any atom is -0.496 e. The Hall–Kier alpha value is -3.13. The molecule has 0 saturated heterocycles. The molecule has 0 aliphatic rings. The molecule has 1 unspecified atom stereocenters. The predicted molar refractivity (Wildman–Crippen MR) is 126 cm³/mol. The van der Waals surface area contributed by atoms with E-state index in [2.05, 4.69) is 6.92 Å². The van der Waals surface area contributed by atoms with Crippen molar-refractivity contribution >= 4 is 34.3 Å². The predicted octanol–water partition coefficient (Wildman–Crippen LogP) is 5.17. The van der Waals surface area contributed by atoms with E-state index in [1.54, 1.807) is 11.6 Å². The molecule has 0 N–H and O–H groups in total. The number of esters is 1. The molecule has 2 aromatic carbocycles. The van der Waals surface area contributed by atoms with Gasteiger partial charge in [0.2, 0.25) is 0 Å². The van der Waals surface area contributed by atoms with E-state index in [0.29, 0.717) is 35.4 Å². The highest BCUT2D eigenvalue weighted by Gasteiger charge is 2.25. The molecule has 0 bridgehead atoms. The third-order valence-electron chi connectivity index (χ3n) is 5.11.